The van der Waals surface area contributed by atoms with Crippen LogP contribution in [0.4, 0.5) is 0 Å². The molecule has 1 aliphatic rings. The minimum atomic E-state index is -2.55. The van der Waals surface area contributed by atoms with Crippen LogP contribution in [0, 0.1) is 0 Å². The van der Waals surface area contributed by atoms with Crippen molar-refractivity contribution in [1.29, 1.82) is 0 Å². The van der Waals surface area contributed by atoms with Crippen molar-refractivity contribution in [2.75, 3.05) is 20.7 Å². The predicted molar refractivity (Wildman–Crippen MR) is 120 cm³/mol. The molecule has 0 spiro atoms. The van der Waals surface area contributed by atoms with Gasteiger partial charge in [0.2, 0.25) is 0 Å². The molecule has 1 atom stereocenters. The number of aromatic nitrogens is 1. The molecular weight excluding hydrogens is 439 g/mol. The van der Waals surface area contributed by atoms with Crippen molar-refractivity contribution in [3.8, 4) is 5.88 Å². The zero-order valence-electron chi connectivity index (χ0n) is 18.5. The van der Waals surface area contributed by atoms with Crippen LogP contribution in [0.5, 0.6) is 5.88 Å². The Bertz CT molecular complexity index is 542. The first kappa shape index (κ1) is 23.0. The van der Waals surface area contributed by atoms with Gasteiger partial charge in [-0.1, -0.05) is 0 Å². The van der Waals surface area contributed by atoms with Crippen LogP contribution in [0.1, 0.15) is 83.7 Å². The van der Waals surface area contributed by atoms with Gasteiger partial charge in [-0.15, -0.1) is 0 Å². The van der Waals surface area contributed by atoms with Crippen molar-refractivity contribution in [2.24, 2.45) is 0 Å². The Morgan fingerprint density at radius 1 is 1.07 bits per heavy atom. The molecule has 0 bridgehead atoms. The maximum atomic E-state index is 5.86. The first-order valence-corrected chi connectivity index (χ1v) is 18.8. The predicted octanol–water partition coefficient (Wildman–Crippen LogP) is 5.91. The van der Waals surface area contributed by atoms with Crippen molar-refractivity contribution >= 4 is 22.0 Å². The summed E-state index contributed by atoms with van der Waals surface area (Å²) in [6, 6.07) is 3.12. The molecule has 1 aromatic rings. The Kier molecular flexibility index (Phi) is 9.92. The van der Waals surface area contributed by atoms with Crippen LogP contribution in [0.15, 0.2) is 12.3 Å². The van der Waals surface area contributed by atoms with Gasteiger partial charge in [0.25, 0.3) is 0 Å². The molecule has 0 aromatic carbocycles. The number of pyridine rings is 1. The molecule has 0 radical (unpaired) electrons. The normalized spacial score (nSPS) is 18.2. The first-order valence-electron chi connectivity index (χ1n) is 11.4. The summed E-state index contributed by atoms with van der Waals surface area (Å²) in [6.45, 7) is 8.24. The van der Waals surface area contributed by atoms with E-state index in [2.05, 4.69) is 45.0 Å². The summed E-state index contributed by atoms with van der Waals surface area (Å²) >= 11 is -2.55. The van der Waals surface area contributed by atoms with Gasteiger partial charge < -0.3 is 0 Å². The Labute approximate surface area is 172 Å². The molecule has 1 fully saturated rings. The standard InChI is InChI=1S/C11H15N2O.3C4H9.Sn/c1-13-7-3-4-10(13)9-5-6-11(14-2)12-8-9;3*1-3-4-2;/h5,8,10H,3-4,7H2,1-2H3;3*1,3-4H2,2H3;/t10-;;;;/m0..../s1. The van der Waals surface area contributed by atoms with E-state index in [-0.39, 0.29) is 0 Å². The number of unbranched alkanes of at least 4 members (excludes halogenated alkanes) is 3. The van der Waals surface area contributed by atoms with Crippen LogP contribution < -0.4 is 8.32 Å². The van der Waals surface area contributed by atoms with E-state index in [0.717, 1.165) is 5.88 Å². The fourth-order valence-corrected chi connectivity index (χ4v) is 21.2. The van der Waals surface area contributed by atoms with Gasteiger partial charge >= 0.3 is 172 Å². The van der Waals surface area contributed by atoms with E-state index in [1.54, 1.807) is 3.58 Å². The monoisotopic (exact) mass is 482 g/mol. The van der Waals surface area contributed by atoms with Crippen molar-refractivity contribution in [2.45, 2.75) is 91.5 Å². The quantitative estimate of drug-likeness (QED) is 0.347. The first-order chi connectivity index (χ1) is 13.1. The van der Waals surface area contributed by atoms with E-state index in [4.69, 9.17) is 9.72 Å². The fourth-order valence-electron chi connectivity index (χ4n) is 4.85. The van der Waals surface area contributed by atoms with Crippen LogP contribution in [-0.4, -0.2) is 49.0 Å². The Morgan fingerprint density at radius 2 is 1.67 bits per heavy atom. The number of rotatable bonds is 12. The Hall–Kier alpha value is -0.291. The maximum absolute atomic E-state index is 5.86. The van der Waals surface area contributed by atoms with Gasteiger partial charge in [0.1, 0.15) is 0 Å². The van der Waals surface area contributed by atoms with E-state index >= 15 is 0 Å². The summed E-state index contributed by atoms with van der Waals surface area (Å²) in [4.78, 5) is 7.38. The topological polar surface area (TPSA) is 25.4 Å². The van der Waals surface area contributed by atoms with E-state index in [9.17, 15) is 0 Å². The molecular formula is C23H42N2OSn. The number of hydrogen-bond acceptors (Lipinski definition) is 3. The summed E-state index contributed by atoms with van der Waals surface area (Å²) in [5, 5.41) is 0. The number of ether oxygens (including phenoxy) is 1. The molecule has 27 heavy (non-hydrogen) atoms. The third-order valence-corrected chi connectivity index (χ3v) is 22.1. The number of hydrogen-bond donors (Lipinski definition) is 0. The molecule has 0 amide bonds. The molecule has 1 aromatic heterocycles. The molecule has 0 unspecified atom stereocenters. The molecule has 2 heterocycles. The second-order valence-electron chi connectivity index (χ2n) is 8.56. The van der Waals surface area contributed by atoms with E-state index in [1.807, 2.05) is 7.11 Å². The Balaban J connectivity index is 2.48. The summed E-state index contributed by atoms with van der Waals surface area (Å²) in [5.74, 6) is 0.957. The van der Waals surface area contributed by atoms with Gasteiger partial charge in [-0.2, -0.15) is 0 Å². The number of nitrogens with zero attached hydrogens (tertiary/aromatic N) is 2. The van der Waals surface area contributed by atoms with Gasteiger partial charge in [-0.3, -0.25) is 0 Å². The van der Waals surface area contributed by atoms with Crippen LogP contribution in [0.25, 0.3) is 0 Å². The van der Waals surface area contributed by atoms with Crippen LogP contribution in [0.2, 0.25) is 13.3 Å². The SMILES string of the molecule is CCC[CH2][Sn]([CH2]CCC)([CH2]CCC)[c]1cc([C@@H]2CCCN2C)cnc1OC. The fraction of sp³-hybridized carbons (Fsp3) is 0.783. The van der Waals surface area contributed by atoms with Crippen molar-refractivity contribution in [3.05, 3.63) is 17.8 Å². The van der Waals surface area contributed by atoms with E-state index < -0.39 is 18.4 Å². The van der Waals surface area contributed by atoms with Gasteiger partial charge in [0.15, 0.2) is 0 Å². The van der Waals surface area contributed by atoms with Crippen molar-refractivity contribution in [1.82, 2.24) is 9.88 Å². The zero-order valence-corrected chi connectivity index (χ0v) is 21.4. The molecule has 0 aliphatic carbocycles. The average molecular weight is 481 g/mol. The van der Waals surface area contributed by atoms with E-state index in [1.165, 1.54) is 76.8 Å². The second kappa shape index (κ2) is 11.6. The second-order valence-corrected chi connectivity index (χ2v) is 21.7. The molecule has 1 aliphatic heterocycles. The van der Waals surface area contributed by atoms with Crippen LogP contribution >= 0.6 is 0 Å². The van der Waals surface area contributed by atoms with Crippen LogP contribution in [-0.2, 0) is 0 Å². The molecule has 0 N–H and O–H groups in total. The number of likely N-dealkylation sites (tertiary alicyclic amines) is 1. The average Bonchev–Trinajstić information content (AvgIpc) is 3.13. The molecule has 1 saturated heterocycles. The third kappa shape index (κ3) is 5.85. The number of methoxy groups -OCH3 is 1. The molecule has 2 rings (SSSR count). The van der Waals surface area contributed by atoms with Gasteiger partial charge in [-0.25, -0.2) is 0 Å². The van der Waals surface area contributed by atoms with Crippen molar-refractivity contribution in [3.63, 3.8) is 0 Å². The summed E-state index contributed by atoms with van der Waals surface area (Å²) < 4.78 is 11.9. The van der Waals surface area contributed by atoms with Crippen molar-refractivity contribution < 1.29 is 4.74 Å². The summed E-state index contributed by atoms with van der Waals surface area (Å²) in [6.07, 6.45) is 12.7. The zero-order chi connectivity index (χ0) is 19.7. The van der Waals surface area contributed by atoms with Gasteiger partial charge in [-0.05, 0) is 0 Å². The molecule has 154 valence electrons. The summed E-state index contributed by atoms with van der Waals surface area (Å²) in [7, 11) is 4.09. The third-order valence-electron chi connectivity index (χ3n) is 6.57. The Morgan fingerprint density at radius 3 is 2.11 bits per heavy atom. The molecule has 3 nitrogen and oxygen atoms in total. The van der Waals surface area contributed by atoms with Gasteiger partial charge in [0.05, 0.1) is 0 Å². The summed E-state index contributed by atoms with van der Waals surface area (Å²) in [5.41, 5.74) is 1.44. The van der Waals surface area contributed by atoms with Crippen LogP contribution in [0.3, 0.4) is 0 Å². The van der Waals surface area contributed by atoms with Gasteiger partial charge in [0, 0.05) is 0 Å². The van der Waals surface area contributed by atoms with E-state index in [0.29, 0.717) is 6.04 Å². The minimum absolute atomic E-state index is 0.551. The molecule has 4 heteroatoms. The molecule has 0 saturated carbocycles.